The van der Waals surface area contributed by atoms with E-state index in [1.54, 1.807) is 9.80 Å². The van der Waals surface area contributed by atoms with Crippen LogP contribution < -0.4 is 0 Å². The first-order valence-electron chi connectivity index (χ1n) is 7.19. The molecule has 19 heavy (non-hydrogen) atoms. The maximum absolute atomic E-state index is 12.3. The standard InChI is InChI=1S/C14H26N2O3/c1-4-16(10-9-13(17)18)14(19)15(3)12-7-5-11(2)6-8-12/h11-12H,4-10H2,1-3H3,(H,17,18). The summed E-state index contributed by atoms with van der Waals surface area (Å²) in [6.07, 6.45) is 4.46. The summed E-state index contributed by atoms with van der Waals surface area (Å²) in [4.78, 5) is 26.3. The summed E-state index contributed by atoms with van der Waals surface area (Å²) >= 11 is 0. The highest BCUT2D eigenvalue weighted by atomic mass is 16.4. The summed E-state index contributed by atoms with van der Waals surface area (Å²) < 4.78 is 0. The molecule has 0 spiro atoms. The Kier molecular flexibility index (Phi) is 6.12. The Balaban J connectivity index is 2.51. The molecular formula is C14H26N2O3. The van der Waals surface area contributed by atoms with E-state index < -0.39 is 5.97 Å². The van der Waals surface area contributed by atoms with Crippen LogP contribution in [0.3, 0.4) is 0 Å². The van der Waals surface area contributed by atoms with Crippen molar-refractivity contribution in [3.63, 3.8) is 0 Å². The van der Waals surface area contributed by atoms with Crippen molar-refractivity contribution < 1.29 is 14.7 Å². The monoisotopic (exact) mass is 270 g/mol. The second-order valence-corrected chi connectivity index (χ2v) is 5.53. The SMILES string of the molecule is CCN(CCC(=O)O)C(=O)N(C)C1CCC(C)CC1. The molecule has 1 fully saturated rings. The molecular weight excluding hydrogens is 244 g/mol. The van der Waals surface area contributed by atoms with Crippen LogP contribution >= 0.6 is 0 Å². The molecule has 0 aromatic rings. The van der Waals surface area contributed by atoms with E-state index in [9.17, 15) is 9.59 Å². The van der Waals surface area contributed by atoms with Gasteiger partial charge in [0.1, 0.15) is 0 Å². The van der Waals surface area contributed by atoms with E-state index in [0.29, 0.717) is 12.6 Å². The van der Waals surface area contributed by atoms with Gasteiger partial charge in [-0.2, -0.15) is 0 Å². The number of carboxylic acid groups (broad SMARTS) is 1. The molecule has 1 aliphatic rings. The van der Waals surface area contributed by atoms with E-state index in [-0.39, 0.29) is 19.0 Å². The fourth-order valence-corrected chi connectivity index (χ4v) is 2.63. The zero-order valence-corrected chi connectivity index (χ0v) is 12.3. The fourth-order valence-electron chi connectivity index (χ4n) is 2.63. The first-order valence-corrected chi connectivity index (χ1v) is 7.19. The average Bonchev–Trinajstić information content (AvgIpc) is 2.39. The lowest BCUT2D eigenvalue weighted by Crippen LogP contribution is -2.47. The summed E-state index contributed by atoms with van der Waals surface area (Å²) in [7, 11) is 1.84. The van der Waals surface area contributed by atoms with Crippen molar-refractivity contribution >= 4 is 12.0 Å². The van der Waals surface area contributed by atoms with Gasteiger partial charge < -0.3 is 14.9 Å². The first kappa shape index (κ1) is 15.8. The molecule has 1 N–H and O–H groups in total. The highest BCUT2D eigenvalue weighted by Crippen LogP contribution is 2.26. The van der Waals surface area contributed by atoms with E-state index >= 15 is 0 Å². The molecule has 0 unspecified atom stereocenters. The Labute approximate surface area is 115 Å². The Hall–Kier alpha value is -1.26. The van der Waals surface area contributed by atoms with Crippen molar-refractivity contribution in [3.05, 3.63) is 0 Å². The smallest absolute Gasteiger partial charge is 0.319 e. The molecule has 1 aliphatic carbocycles. The molecule has 0 radical (unpaired) electrons. The Bertz CT molecular complexity index is 312. The number of rotatable bonds is 5. The number of hydrogen-bond donors (Lipinski definition) is 1. The minimum atomic E-state index is -0.861. The lowest BCUT2D eigenvalue weighted by atomic mass is 9.87. The van der Waals surface area contributed by atoms with Gasteiger partial charge in [-0.3, -0.25) is 4.79 Å². The second kappa shape index (κ2) is 7.36. The number of urea groups is 1. The maximum Gasteiger partial charge on any atom is 0.319 e. The van der Waals surface area contributed by atoms with Crippen molar-refractivity contribution in [1.29, 1.82) is 0 Å². The normalized spacial score (nSPS) is 22.9. The minimum Gasteiger partial charge on any atom is -0.481 e. The van der Waals surface area contributed by atoms with Gasteiger partial charge in [-0.05, 0) is 38.5 Å². The molecule has 5 nitrogen and oxygen atoms in total. The molecule has 0 atom stereocenters. The Morgan fingerprint density at radius 1 is 1.21 bits per heavy atom. The minimum absolute atomic E-state index is 0.00905. The zero-order valence-electron chi connectivity index (χ0n) is 12.3. The molecule has 1 rings (SSSR count). The third-order valence-electron chi connectivity index (χ3n) is 4.08. The van der Waals surface area contributed by atoms with Crippen LogP contribution in [0.1, 0.15) is 46.0 Å². The third-order valence-corrected chi connectivity index (χ3v) is 4.08. The van der Waals surface area contributed by atoms with Crippen molar-refractivity contribution in [1.82, 2.24) is 9.80 Å². The van der Waals surface area contributed by atoms with Gasteiger partial charge >= 0.3 is 12.0 Å². The van der Waals surface area contributed by atoms with E-state index in [0.717, 1.165) is 18.8 Å². The molecule has 0 aromatic carbocycles. The van der Waals surface area contributed by atoms with Gasteiger partial charge in [0.25, 0.3) is 0 Å². The molecule has 110 valence electrons. The largest absolute Gasteiger partial charge is 0.481 e. The Morgan fingerprint density at radius 2 is 1.79 bits per heavy atom. The number of nitrogens with zero attached hydrogens (tertiary/aromatic N) is 2. The average molecular weight is 270 g/mol. The summed E-state index contributed by atoms with van der Waals surface area (Å²) in [6, 6.07) is 0.269. The molecule has 1 saturated carbocycles. The molecule has 0 bridgehead atoms. The van der Waals surface area contributed by atoms with Gasteiger partial charge in [0, 0.05) is 26.2 Å². The zero-order chi connectivity index (χ0) is 14.4. The number of amides is 2. The van der Waals surface area contributed by atoms with Gasteiger partial charge in [-0.1, -0.05) is 6.92 Å². The highest BCUT2D eigenvalue weighted by molar-refractivity contribution is 5.75. The maximum atomic E-state index is 12.3. The topological polar surface area (TPSA) is 60.9 Å². The fraction of sp³-hybridized carbons (Fsp3) is 0.857. The first-order chi connectivity index (χ1) is 8.95. The summed E-state index contributed by atoms with van der Waals surface area (Å²) in [6.45, 7) is 4.98. The van der Waals surface area contributed by atoms with Crippen molar-refractivity contribution in [3.8, 4) is 0 Å². The van der Waals surface area contributed by atoms with Crippen LogP contribution in [0.15, 0.2) is 0 Å². The molecule has 0 heterocycles. The summed E-state index contributed by atoms with van der Waals surface area (Å²) in [5.74, 6) is -0.102. The van der Waals surface area contributed by atoms with Crippen LogP contribution in [0, 0.1) is 5.92 Å². The van der Waals surface area contributed by atoms with E-state index in [2.05, 4.69) is 6.92 Å². The van der Waals surface area contributed by atoms with E-state index in [1.807, 2.05) is 14.0 Å². The third kappa shape index (κ3) is 4.73. The Morgan fingerprint density at radius 3 is 2.26 bits per heavy atom. The number of aliphatic carboxylic acids is 1. The van der Waals surface area contributed by atoms with Crippen molar-refractivity contribution in [2.75, 3.05) is 20.1 Å². The van der Waals surface area contributed by atoms with Gasteiger partial charge in [-0.15, -0.1) is 0 Å². The van der Waals surface area contributed by atoms with Crippen LogP contribution in [0.25, 0.3) is 0 Å². The predicted octanol–water partition coefficient (Wildman–Crippen LogP) is 2.41. The van der Waals surface area contributed by atoms with Crippen LogP contribution in [0.4, 0.5) is 4.79 Å². The van der Waals surface area contributed by atoms with Crippen LogP contribution in [-0.2, 0) is 4.79 Å². The lowest BCUT2D eigenvalue weighted by molar-refractivity contribution is -0.137. The molecule has 5 heteroatoms. The van der Waals surface area contributed by atoms with E-state index in [4.69, 9.17) is 5.11 Å². The van der Waals surface area contributed by atoms with Crippen LogP contribution in [-0.4, -0.2) is 53.1 Å². The molecule has 0 aliphatic heterocycles. The predicted molar refractivity (Wildman–Crippen MR) is 74.1 cm³/mol. The molecule has 0 aromatic heterocycles. The molecule has 0 saturated heterocycles. The summed E-state index contributed by atoms with van der Waals surface area (Å²) in [5.41, 5.74) is 0. The number of carbonyl (C=O) groups excluding carboxylic acids is 1. The second-order valence-electron chi connectivity index (χ2n) is 5.53. The van der Waals surface area contributed by atoms with Crippen molar-refractivity contribution in [2.24, 2.45) is 5.92 Å². The van der Waals surface area contributed by atoms with Gasteiger partial charge in [0.05, 0.1) is 6.42 Å². The number of carbonyl (C=O) groups is 2. The van der Waals surface area contributed by atoms with E-state index in [1.165, 1.54) is 12.8 Å². The number of carboxylic acids is 1. The summed E-state index contributed by atoms with van der Waals surface area (Å²) in [5, 5.41) is 8.70. The van der Waals surface area contributed by atoms with Gasteiger partial charge in [-0.25, -0.2) is 4.79 Å². The van der Waals surface area contributed by atoms with Gasteiger partial charge in [0.15, 0.2) is 0 Å². The quantitative estimate of drug-likeness (QED) is 0.834. The van der Waals surface area contributed by atoms with Crippen molar-refractivity contribution in [2.45, 2.75) is 52.0 Å². The van der Waals surface area contributed by atoms with Gasteiger partial charge in [0.2, 0.25) is 0 Å². The van der Waals surface area contributed by atoms with Crippen LogP contribution in [0.2, 0.25) is 0 Å². The molecule has 2 amide bonds. The number of hydrogen-bond acceptors (Lipinski definition) is 2. The van der Waals surface area contributed by atoms with Crippen LogP contribution in [0.5, 0.6) is 0 Å². The lowest BCUT2D eigenvalue weighted by Gasteiger charge is -2.36. The highest BCUT2D eigenvalue weighted by Gasteiger charge is 2.27.